The molecule has 0 spiro atoms. The summed E-state index contributed by atoms with van der Waals surface area (Å²) in [7, 11) is 0. The lowest BCUT2D eigenvalue weighted by atomic mass is 10.2. The number of nitrogens with zero attached hydrogens (tertiary/aromatic N) is 2. The van der Waals surface area contributed by atoms with E-state index in [1.54, 1.807) is 16.2 Å². The highest BCUT2D eigenvalue weighted by Gasteiger charge is 2.23. The van der Waals surface area contributed by atoms with Crippen LogP contribution in [0.15, 0.2) is 15.9 Å². The van der Waals surface area contributed by atoms with Gasteiger partial charge < -0.3 is 10.0 Å². The monoisotopic (exact) mass is 332 g/mol. The zero-order valence-electron chi connectivity index (χ0n) is 10.3. The van der Waals surface area contributed by atoms with Gasteiger partial charge in [-0.2, -0.15) is 0 Å². The summed E-state index contributed by atoms with van der Waals surface area (Å²) in [4.78, 5) is 17.0. The molecule has 1 N–H and O–H groups in total. The van der Waals surface area contributed by atoms with E-state index >= 15 is 0 Å². The zero-order valence-corrected chi connectivity index (χ0v) is 12.7. The van der Waals surface area contributed by atoms with Crippen LogP contribution in [0.5, 0.6) is 0 Å². The highest BCUT2D eigenvalue weighted by atomic mass is 79.9. The second-order valence-corrected chi connectivity index (χ2v) is 6.42. The van der Waals surface area contributed by atoms with Crippen molar-refractivity contribution in [1.29, 1.82) is 0 Å². The zero-order chi connectivity index (χ0) is 13.1. The van der Waals surface area contributed by atoms with Gasteiger partial charge in [-0.1, -0.05) is 0 Å². The van der Waals surface area contributed by atoms with Crippen molar-refractivity contribution in [2.75, 3.05) is 26.2 Å². The van der Waals surface area contributed by atoms with Crippen molar-refractivity contribution in [2.45, 2.75) is 19.6 Å². The third kappa shape index (κ3) is 3.54. The van der Waals surface area contributed by atoms with Gasteiger partial charge in [-0.25, -0.2) is 0 Å². The quantitative estimate of drug-likeness (QED) is 0.913. The Morgan fingerprint density at radius 1 is 1.50 bits per heavy atom. The Morgan fingerprint density at radius 3 is 2.67 bits per heavy atom. The molecule has 1 amide bonds. The molecule has 1 saturated heterocycles. The maximum Gasteiger partial charge on any atom is 0.251 e. The normalized spacial score (nSPS) is 18.9. The second kappa shape index (κ2) is 6.14. The minimum absolute atomic E-state index is 0.159. The van der Waals surface area contributed by atoms with E-state index in [1.165, 1.54) is 11.8 Å². The van der Waals surface area contributed by atoms with E-state index in [-0.39, 0.29) is 5.91 Å². The molecule has 0 aliphatic carbocycles. The average molecular weight is 333 g/mol. The summed E-state index contributed by atoms with van der Waals surface area (Å²) in [6.45, 7) is 5.61. The maximum absolute atomic E-state index is 11.6. The van der Waals surface area contributed by atoms with E-state index in [2.05, 4.69) is 32.3 Å². The summed E-state index contributed by atoms with van der Waals surface area (Å²) in [6, 6.07) is 2.14. The number of aliphatic hydroxyl groups excluding tert-OH is 1. The van der Waals surface area contributed by atoms with E-state index in [1.807, 2.05) is 0 Å². The molecular formula is C12H17BrN2O2S. The Hall–Kier alpha value is -0.430. The number of aliphatic hydroxyl groups is 1. The van der Waals surface area contributed by atoms with Gasteiger partial charge in [0.25, 0.3) is 5.91 Å². The molecule has 100 valence electrons. The van der Waals surface area contributed by atoms with Crippen LogP contribution in [0.1, 0.15) is 11.8 Å². The van der Waals surface area contributed by atoms with E-state index < -0.39 is 6.10 Å². The summed E-state index contributed by atoms with van der Waals surface area (Å²) in [6.07, 6.45) is -0.884. The summed E-state index contributed by atoms with van der Waals surface area (Å²) < 4.78 is 1.13. The van der Waals surface area contributed by atoms with E-state index in [0.717, 1.165) is 24.1 Å². The highest BCUT2D eigenvalue weighted by molar-refractivity contribution is 9.10. The van der Waals surface area contributed by atoms with Crippen LogP contribution in [0.25, 0.3) is 0 Å². The van der Waals surface area contributed by atoms with Gasteiger partial charge in [0.15, 0.2) is 0 Å². The molecular weight excluding hydrogens is 316 g/mol. The average Bonchev–Trinajstić information content (AvgIpc) is 2.75. The molecule has 1 aromatic rings. The van der Waals surface area contributed by atoms with Gasteiger partial charge >= 0.3 is 0 Å². The van der Waals surface area contributed by atoms with Gasteiger partial charge in [0.1, 0.15) is 6.10 Å². The molecule has 0 radical (unpaired) electrons. The van der Waals surface area contributed by atoms with Crippen LogP contribution < -0.4 is 0 Å². The van der Waals surface area contributed by atoms with Crippen LogP contribution in [0.2, 0.25) is 0 Å². The van der Waals surface area contributed by atoms with Gasteiger partial charge in [0, 0.05) is 47.5 Å². The summed E-state index contributed by atoms with van der Waals surface area (Å²) >= 11 is 5.20. The van der Waals surface area contributed by atoms with Crippen LogP contribution in [-0.2, 0) is 11.3 Å². The van der Waals surface area contributed by atoms with Crippen LogP contribution in [0.4, 0.5) is 0 Å². The fraction of sp³-hybridized carbons (Fsp3) is 0.583. The molecule has 1 aliphatic rings. The molecule has 1 fully saturated rings. The van der Waals surface area contributed by atoms with Crippen molar-refractivity contribution in [3.8, 4) is 0 Å². The fourth-order valence-corrected chi connectivity index (χ4v) is 3.54. The predicted molar refractivity (Wildman–Crippen MR) is 75.6 cm³/mol. The number of thiophene rings is 1. The number of hydrogen-bond acceptors (Lipinski definition) is 4. The fourth-order valence-electron chi connectivity index (χ4n) is 2.05. The molecule has 1 atom stereocenters. The molecule has 1 unspecified atom stereocenters. The smallest absolute Gasteiger partial charge is 0.251 e. The van der Waals surface area contributed by atoms with Crippen molar-refractivity contribution < 1.29 is 9.90 Å². The van der Waals surface area contributed by atoms with Crippen molar-refractivity contribution in [2.24, 2.45) is 0 Å². The molecule has 1 aliphatic heterocycles. The minimum atomic E-state index is -0.884. The van der Waals surface area contributed by atoms with Crippen molar-refractivity contribution in [3.63, 3.8) is 0 Å². The number of amides is 1. The summed E-state index contributed by atoms with van der Waals surface area (Å²) in [5.74, 6) is -0.159. The van der Waals surface area contributed by atoms with Crippen molar-refractivity contribution in [1.82, 2.24) is 9.80 Å². The number of carbonyl (C=O) groups excluding carboxylic acids is 1. The lowest BCUT2D eigenvalue weighted by molar-refractivity contribution is -0.141. The number of piperazine rings is 1. The predicted octanol–water partition coefficient (Wildman–Crippen LogP) is 1.54. The van der Waals surface area contributed by atoms with Crippen LogP contribution in [-0.4, -0.2) is 53.1 Å². The largest absolute Gasteiger partial charge is 0.384 e. The first-order chi connectivity index (χ1) is 8.56. The third-order valence-electron chi connectivity index (χ3n) is 3.04. The first-order valence-electron chi connectivity index (χ1n) is 5.98. The standard InChI is InChI=1S/C12H17BrN2O2S/c1-9(16)12(17)15-4-2-14(3-5-15)7-11-6-10(13)8-18-11/h6,8-9,16H,2-5,7H2,1H3. The summed E-state index contributed by atoms with van der Waals surface area (Å²) in [5, 5.41) is 11.4. The van der Waals surface area contributed by atoms with Gasteiger partial charge in [-0.05, 0) is 28.9 Å². The molecule has 0 bridgehead atoms. The molecule has 0 aromatic carbocycles. The lowest BCUT2D eigenvalue weighted by Gasteiger charge is -2.35. The van der Waals surface area contributed by atoms with Crippen molar-refractivity contribution in [3.05, 3.63) is 20.8 Å². The Balaban J connectivity index is 1.82. The molecule has 1 aromatic heterocycles. The molecule has 18 heavy (non-hydrogen) atoms. The Morgan fingerprint density at radius 2 is 2.17 bits per heavy atom. The summed E-state index contributed by atoms with van der Waals surface area (Å²) in [5.41, 5.74) is 0. The number of carbonyl (C=O) groups is 1. The van der Waals surface area contributed by atoms with Gasteiger partial charge in [0.05, 0.1) is 0 Å². The van der Waals surface area contributed by atoms with Gasteiger partial charge in [0.2, 0.25) is 0 Å². The number of rotatable bonds is 3. The van der Waals surface area contributed by atoms with Gasteiger partial charge in [-0.3, -0.25) is 9.69 Å². The Bertz CT molecular complexity index is 414. The molecule has 0 saturated carbocycles. The van der Waals surface area contributed by atoms with Crippen LogP contribution in [0.3, 0.4) is 0 Å². The molecule has 6 heteroatoms. The topological polar surface area (TPSA) is 43.8 Å². The molecule has 2 rings (SSSR count). The first kappa shape index (κ1) is 14.0. The van der Waals surface area contributed by atoms with Gasteiger partial charge in [-0.15, -0.1) is 11.3 Å². The van der Waals surface area contributed by atoms with Crippen LogP contribution >= 0.6 is 27.3 Å². The number of halogens is 1. The second-order valence-electron chi connectivity index (χ2n) is 4.51. The first-order valence-corrected chi connectivity index (χ1v) is 7.65. The molecule has 4 nitrogen and oxygen atoms in total. The Labute approximate surface area is 119 Å². The van der Waals surface area contributed by atoms with Crippen LogP contribution in [0, 0.1) is 0 Å². The van der Waals surface area contributed by atoms with E-state index in [4.69, 9.17) is 0 Å². The Kier molecular flexibility index (Phi) is 4.77. The minimum Gasteiger partial charge on any atom is -0.384 e. The number of hydrogen-bond donors (Lipinski definition) is 1. The third-order valence-corrected chi connectivity index (χ3v) is 4.72. The maximum atomic E-state index is 11.6. The van der Waals surface area contributed by atoms with E-state index in [9.17, 15) is 9.90 Å². The molecule has 2 heterocycles. The SMILES string of the molecule is CC(O)C(=O)N1CCN(Cc2cc(Br)cs2)CC1. The van der Waals surface area contributed by atoms with E-state index in [0.29, 0.717) is 13.1 Å². The highest BCUT2D eigenvalue weighted by Crippen LogP contribution is 2.21. The lowest BCUT2D eigenvalue weighted by Crippen LogP contribution is -2.50. The van der Waals surface area contributed by atoms with Crippen molar-refractivity contribution >= 4 is 33.2 Å².